The zero-order valence-electron chi connectivity index (χ0n) is 16.4. The number of hydrogen-bond acceptors (Lipinski definition) is 5. The Hall–Kier alpha value is -2.28. The van der Waals surface area contributed by atoms with Gasteiger partial charge in [-0.25, -0.2) is 4.98 Å². The Morgan fingerprint density at radius 1 is 1.14 bits per heavy atom. The second-order valence-electron chi connectivity index (χ2n) is 7.12. The van der Waals surface area contributed by atoms with Crippen LogP contribution in [0.1, 0.15) is 41.3 Å². The van der Waals surface area contributed by atoms with Crippen molar-refractivity contribution >= 4 is 23.0 Å². The monoisotopic (exact) mass is 400 g/mol. The summed E-state index contributed by atoms with van der Waals surface area (Å²) < 4.78 is 11.4. The fourth-order valence-corrected chi connectivity index (χ4v) is 4.71. The highest BCUT2D eigenvalue weighted by molar-refractivity contribution is 7.11. The summed E-state index contributed by atoms with van der Waals surface area (Å²) in [5.74, 6) is 2.34. The summed E-state index contributed by atoms with van der Waals surface area (Å²) in [6, 6.07) is 5.90. The molecule has 0 atom stereocenters. The molecule has 28 heavy (non-hydrogen) atoms. The van der Waals surface area contributed by atoms with Gasteiger partial charge < -0.3 is 20.1 Å². The van der Waals surface area contributed by atoms with Crippen LogP contribution in [0.2, 0.25) is 0 Å². The van der Waals surface area contributed by atoms with Gasteiger partial charge in [0.2, 0.25) is 0 Å². The summed E-state index contributed by atoms with van der Waals surface area (Å²) in [6.45, 7) is 2.24. The Bertz CT molecular complexity index is 810. The van der Waals surface area contributed by atoms with Crippen LogP contribution in [-0.4, -0.2) is 37.7 Å². The van der Waals surface area contributed by atoms with Crippen LogP contribution in [0.3, 0.4) is 0 Å². The van der Waals surface area contributed by atoms with Crippen molar-refractivity contribution in [3.8, 4) is 11.5 Å². The second-order valence-corrected chi connectivity index (χ2v) is 8.29. The molecule has 6 nitrogen and oxygen atoms in total. The molecule has 1 aromatic carbocycles. The lowest BCUT2D eigenvalue weighted by Gasteiger charge is -2.13. The molecule has 1 aliphatic carbocycles. The van der Waals surface area contributed by atoms with Crippen molar-refractivity contribution in [3.05, 3.63) is 33.8 Å². The van der Waals surface area contributed by atoms with Crippen molar-refractivity contribution in [3.63, 3.8) is 0 Å². The Kier molecular flexibility index (Phi) is 6.31. The van der Waals surface area contributed by atoms with E-state index in [1.54, 1.807) is 7.05 Å². The van der Waals surface area contributed by atoms with Gasteiger partial charge in [0.25, 0.3) is 0 Å². The molecule has 0 amide bonds. The predicted octanol–water partition coefficient (Wildman–Crippen LogP) is 3.80. The lowest BCUT2D eigenvalue weighted by atomic mass is 10.0. The maximum atomic E-state index is 5.76. The summed E-state index contributed by atoms with van der Waals surface area (Å²) in [6.07, 6.45) is 7.95. The molecule has 2 aliphatic rings. The quantitative estimate of drug-likeness (QED) is 0.454. The van der Waals surface area contributed by atoms with Crippen molar-refractivity contribution in [2.45, 2.75) is 44.9 Å². The van der Waals surface area contributed by atoms with Gasteiger partial charge in [-0.05, 0) is 44.2 Å². The number of rotatable bonds is 5. The fraction of sp³-hybridized carbons (Fsp3) is 0.524. The number of hydrogen-bond donors (Lipinski definition) is 2. The molecule has 0 saturated heterocycles. The molecule has 0 saturated carbocycles. The molecular formula is C21H28N4O2S. The molecular weight excluding hydrogens is 372 g/mol. The molecule has 2 aromatic rings. The molecule has 0 radical (unpaired) electrons. The molecule has 0 unspecified atom stereocenters. The predicted molar refractivity (Wildman–Crippen MR) is 114 cm³/mol. The van der Waals surface area contributed by atoms with Crippen molar-refractivity contribution < 1.29 is 9.47 Å². The van der Waals surface area contributed by atoms with Gasteiger partial charge in [-0.15, -0.1) is 11.3 Å². The van der Waals surface area contributed by atoms with Crippen molar-refractivity contribution in [1.82, 2.24) is 10.3 Å². The standard InChI is InChI=1S/C21H28N4O2S/c1-22-21(24-15-9-10-17-18(14-15)27-13-5-12-26-17)23-11-4-8-20-25-16-6-2-3-7-19(16)28-20/h9-10,14H,2-8,11-13H2,1H3,(H2,22,23,24). The Labute approximate surface area is 170 Å². The lowest BCUT2D eigenvalue weighted by molar-refractivity contribution is 0.297. The SMILES string of the molecule is CN=C(NCCCc1nc2c(s1)CCCC2)Nc1ccc2c(c1)OCCCO2. The minimum atomic E-state index is 0.684. The van der Waals surface area contributed by atoms with Gasteiger partial charge >= 0.3 is 0 Å². The summed E-state index contributed by atoms with van der Waals surface area (Å²) in [5.41, 5.74) is 2.29. The van der Waals surface area contributed by atoms with E-state index in [-0.39, 0.29) is 0 Å². The third-order valence-electron chi connectivity index (χ3n) is 4.98. The van der Waals surface area contributed by atoms with Gasteiger partial charge in [-0.1, -0.05) is 0 Å². The lowest BCUT2D eigenvalue weighted by Crippen LogP contribution is -2.31. The number of anilines is 1. The zero-order chi connectivity index (χ0) is 19.2. The number of aliphatic imine (C=N–C) groups is 1. The largest absolute Gasteiger partial charge is 0.490 e. The van der Waals surface area contributed by atoms with E-state index in [2.05, 4.69) is 15.6 Å². The van der Waals surface area contributed by atoms with E-state index in [9.17, 15) is 0 Å². The van der Waals surface area contributed by atoms with Crippen LogP contribution in [0.5, 0.6) is 11.5 Å². The molecule has 1 aromatic heterocycles. The number of nitrogens with zero attached hydrogens (tertiary/aromatic N) is 2. The van der Waals surface area contributed by atoms with Gasteiger partial charge in [-0.2, -0.15) is 0 Å². The Balaban J connectivity index is 1.26. The Morgan fingerprint density at radius 3 is 2.86 bits per heavy atom. The molecule has 150 valence electrons. The summed E-state index contributed by atoms with van der Waals surface area (Å²) in [4.78, 5) is 10.7. The van der Waals surface area contributed by atoms with E-state index >= 15 is 0 Å². The topological polar surface area (TPSA) is 67.8 Å². The smallest absolute Gasteiger partial charge is 0.195 e. The molecule has 2 heterocycles. The third-order valence-corrected chi connectivity index (χ3v) is 6.20. The van der Waals surface area contributed by atoms with Crippen LogP contribution in [0.15, 0.2) is 23.2 Å². The van der Waals surface area contributed by atoms with E-state index in [1.807, 2.05) is 29.5 Å². The number of aromatic nitrogens is 1. The first-order valence-corrected chi connectivity index (χ1v) is 11.0. The first-order chi connectivity index (χ1) is 13.8. The van der Waals surface area contributed by atoms with Gasteiger partial charge in [0.05, 0.1) is 23.9 Å². The van der Waals surface area contributed by atoms with Gasteiger partial charge in [-0.3, -0.25) is 4.99 Å². The number of benzene rings is 1. The molecule has 4 rings (SSSR count). The van der Waals surface area contributed by atoms with E-state index < -0.39 is 0 Å². The number of aryl methyl sites for hydroxylation is 3. The number of fused-ring (bicyclic) bond motifs is 2. The van der Waals surface area contributed by atoms with Crippen molar-refractivity contribution in [2.24, 2.45) is 4.99 Å². The molecule has 0 spiro atoms. The van der Waals surface area contributed by atoms with Crippen LogP contribution >= 0.6 is 11.3 Å². The summed E-state index contributed by atoms with van der Waals surface area (Å²) >= 11 is 1.91. The molecule has 0 fully saturated rings. The van der Waals surface area contributed by atoms with Crippen LogP contribution < -0.4 is 20.1 Å². The van der Waals surface area contributed by atoms with Crippen LogP contribution in [-0.2, 0) is 19.3 Å². The van der Waals surface area contributed by atoms with E-state index in [0.717, 1.165) is 55.4 Å². The minimum Gasteiger partial charge on any atom is -0.490 e. The molecule has 7 heteroatoms. The van der Waals surface area contributed by atoms with E-state index in [0.29, 0.717) is 13.2 Å². The van der Waals surface area contributed by atoms with Crippen LogP contribution in [0.25, 0.3) is 0 Å². The van der Waals surface area contributed by atoms with E-state index in [1.165, 1.54) is 34.8 Å². The molecule has 1 aliphatic heterocycles. The Morgan fingerprint density at radius 2 is 2.00 bits per heavy atom. The number of nitrogens with one attached hydrogen (secondary N) is 2. The van der Waals surface area contributed by atoms with Gasteiger partial charge in [0.1, 0.15) is 0 Å². The number of thiazole rings is 1. The number of ether oxygens (including phenoxy) is 2. The third kappa shape index (κ3) is 4.76. The van der Waals surface area contributed by atoms with Crippen molar-refractivity contribution in [1.29, 1.82) is 0 Å². The summed E-state index contributed by atoms with van der Waals surface area (Å²) in [5, 5.41) is 7.99. The van der Waals surface area contributed by atoms with Crippen molar-refractivity contribution in [2.75, 3.05) is 32.1 Å². The van der Waals surface area contributed by atoms with Crippen LogP contribution in [0.4, 0.5) is 5.69 Å². The second kappa shape index (κ2) is 9.28. The number of guanidine groups is 1. The maximum Gasteiger partial charge on any atom is 0.195 e. The van der Waals surface area contributed by atoms with Gasteiger partial charge in [0, 0.05) is 43.1 Å². The highest BCUT2D eigenvalue weighted by Gasteiger charge is 2.15. The average molecular weight is 401 g/mol. The first-order valence-electron chi connectivity index (χ1n) is 10.2. The first kappa shape index (κ1) is 19.1. The maximum absolute atomic E-state index is 5.76. The van der Waals surface area contributed by atoms with E-state index in [4.69, 9.17) is 14.5 Å². The normalized spacial score (nSPS) is 16.2. The fourth-order valence-electron chi connectivity index (χ4n) is 3.52. The molecule has 2 N–H and O–H groups in total. The molecule has 0 bridgehead atoms. The minimum absolute atomic E-state index is 0.684. The van der Waals surface area contributed by atoms with Crippen LogP contribution in [0, 0.1) is 0 Å². The highest BCUT2D eigenvalue weighted by atomic mass is 32.1. The highest BCUT2D eigenvalue weighted by Crippen LogP contribution is 2.32. The average Bonchev–Trinajstić information content (AvgIpc) is 2.99. The zero-order valence-corrected chi connectivity index (χ0v) is 17.2. The van der Waals surface area contributed by atoms with Gasteiger partial charge in [0.15, 0.2) is 17.5 Å². The summed E-state index contributed by atoms with van der Waals surface area (Å²) in [7, 11) is 1.78.